The molecule has 1 aliphatic rings. The van der Waals surface area contributed by atoms with Gasteiger partial charge in [-0.25, -0.2) is 14.6 Å². The molecule has 0 amide bonds. The number of nitrogen functional groups attached to an aromatic ring is 1. The van der Waals surface area contributed by atoms with E-state index < -0.39 is 0 Å². The second-order valence-corrected chi connectivity index (χ2v) is 7.00. The minimum Gasteiger partial charge on any atom is -0.393 e. The molecule has 4 heterocycles. The highest BCUT2D eigenvalue weighted by Crippen LogP contribution is 2.40. The van der Waals surface area contributed by atoms with Gasteiger partial charge in [-0.3, -0.25) is 0 Å². The van der Waals surface area contributed by atoms with E-state index in [1.165, 1.54) is 9.75 Å². The number of aromatic nitrogens is 4. The Balaban J connectivity index is 1.74. The lowest BCUT2D eigenvalue weighted by Crippen LogP contribution is -2.25. The summed E-state index contributed by atoms with van der Waals surface area (Å²) in [4.78, 5) is 13.8. The maximum atomic E-state index is 6.38. The molecule has 3 aromatic rings. The molecule has 118 valence electrons. The lowest BCUT2D eigenvalue weighted by Gasteiger charge is -2.26. The van der Waals surface area contributed by atoms with Crippen LogP contribution in [0.25, 0.3) is 5.82 Å². The molecule has 0 radical (unpaired) electrons. The van der Waals surface area contributed by atoms with Crippen LogP contribution in [0.5, 0.6) is 0 Å². The van der Waals surface area contributed by atoms with Gasteiger partial charge in [0.1, 0.15) is 12.0 Å². The first-order valence-electron chi connectivity index (χ1n) is 7.67. The molecule has 1 atom stereocenters. The Morgan fingerprint density at radius 2 is 2.13 bits per heavy atom. The standard InChI is InChI=1S/C16H18N6S/c1-11-5-6-13(23-11)12-4-2-8-21(12)15-14(17)16(19-10-18-15)22-9-3-7-20-22/h3,5-7,9-10,12H,2,4,8,17H2,1H3/t12-/m0/s1. The van der Waals surface area contributed by atoms with E-state index >= 15 is 0 Å². The van der Waals surface area contributed by atoms with E-state index in [0.717, 1.165) is 25.2 Å². The molecule has 0 aliphatic carbocycles. The van der Waals surface area contributed by atoms with Crippen LogP contribution in [0, 0.1) is 6.92 Å². The van der Waals surface area contributed by atoms with E-state index in [-0.39, 0.29) is 0 Å². The number of rotatable bonds is 3. The predicted molar refractivity (Wildman–Crippen MR) is 91.9 cm³/mol. The number of nitrogens with zero attached hydrogens (tertiary/aromatic N) is 5. The highest BCUT2D eigenvalue weighted by Gasteiger charge is 2.30. The van der Waals surface area contributed by atoms with Crippen molar-refractivity contribution in [2.24, 2.45) is 0 Å². The quantitative estimate of drug-likeness (QED) is 0.801. The first-order chi connectivity index (χ1) is 11.2. The van der Waals surface area contributed by atoms with Crippen molar-refractivity contribution in [1.82, 2.24) is 19.7 Å². The van der Waals surface area contributed by atoms with E-state index in [1.807, 2.05) is 23.6 Å². The van der Waals surface area contributed by atoms with Gasteiger partial charge in [-0.2, -0.15) is 5.10 Å². The first kappa shape index (κ1) is 14.2. The number of anilines is 2. The average molecular weight is 326 g/mol. The van der Waals surface area contributed by atoms with E-state index in [0.29, 0.717) is 17.5 Å². The van der Waals surface area contributed by atoms with E-state index in [2.05, 4.69) is 39.0 Å². The van der Waals surface area contributed by atoms with Crippen molar-refractivity contribution >= 4 is 22.8 Å². The van der Waals surface area contributed by atoms with Crippen LogP contribution in [0.1, 0.15) is 28.6 Å². The normalized spacial score (nSPS) is 17.8. The summed E-state index contributed by atoms with van der Waals surface area (Å²) < 4.78 is 1.68. The molecule has 0 unspecified atom stereocenters. The van der Waals surface area contributed by atoms with E-state index in [1.54, 1.807) is 17.2 Å². The molecule has 1 saturated heterocycles. The molecule has 0 bridgehead atoms. The van der Waals surface area contributed by atoms with Crippen LogP contribution in [-0.4, -0.2) is 26.3 Å². The second kappa shape index (κ2) is 5.66. The fourth-order valence-electron chi connectivity index (χ4n) is 3.13. The molecule has 23 heavy (non-hydrogen) atoms. The van der Waals surface area contributed by atoms with Crippen molar-refractivity contribution in [2.75, 3.05) is 17.2 Å². The summed E-state index contributed by atoms with van der Waals surface area (Å²) in [6, 6.07) is 6.59. The Labute approximate surface area is 138 Å². The Hall–Kier alpha value is -2.41. The van der Waals surface area contributed by atoms with Gasteiger partial charge in [0.15, 0.2) is 11.6 Å². The van der Waals surface area contributed by atoms with Crippen LogP contribution in [0.3, 0.4) is 0 Å². The van der Waals surface area contributed by atoms with Gasteiger partial charge < -0.3 is 10.6 Å². The minimum absolute atomic E-state index is 0.344. The SMILES string of the molecule is Cc1ccc([C@@H]2CCCN2c2ncnc(-n3cccn3)c2N)s1. The van der Waals surface area contributed by atoms with Crippen molar-refractivity contribution in [3.63, 3.8) is 0 Å². The average Bonchev–Trinajstić information content (AvgIpc) is 3.28. The Bertz CT molecular complexity index is 810. The summed E-state index contributed by atoms with van der Waals surface area (Å²) in [5.74, 6) is 1.44. The third-order valence-electron chi connectivity index (χ3n) is 4.18. The van der Waals surface area contributed by atoms with Crippen molar-refractivity contribution in [1.29, 1.82) is 0 Å². The first-order valence-corrected chi connectivity index (χ1v) is 8.49. The number of hydrogen-bond donors (Lipinski definition) is 1. The minimum atomic E-state index is 0.344. The van der Waals surface area contributed by atoms with Crippen LogP contribution in [-0.2, 0) is 0 Å². The zero-order valence-electron chi connectivity index (χ0n) is 12.9. The molecule has 1 aliphatic heterocycles. The van der Waals surface area contributed by atoms with Gasteiger partial charge in [0.2, 0.25) is 0 Å². The maximum absolute atomic E-state index is 6.38. The zero-order valence-corrected chi connectivity index (χ0v) is 13.7. The van der Waals surface area contributed by atoms with Crippen LogP contribution in [0.4, 0.5) is 11.5 Å². The van der Waals surface area contributed by atoms with Crippen LogP contribution < -0.4 is 10.6 Å². The van der Waals surface area contributed by atoms with E-state index in [9.17, 15) is 0 Å². The Kier molecular flexibility index (Phi) is 3.49. The smallest absolute Gasteiger partial charge is 0.181 e. The van der Waals surface area contributed by atoms with Gasteiger partial charge in [-0.05, 0) is 38.0 Å². The third-order valence-corrected chi connectivity index (χ3v) is 5.28. The Morgan fingerprint density at radius 3 is 2.87 bits per heavy atom. The van der Waals surface area contributed by atoms with Gasteiger partial charge in [-0.1, -0.05) is 0 Å². The largest absolute Gasteiger partial charge is 0.393 e. The van der Waals surface area contributed by atoms with Crippen molar-refractivity contribution in [3.8, 4) is 5.82 Å². The van der Waals surface area contributed by atoms with Crippen molar-refractivity contribution < 1.29 is 0 Å². The summed E-state index contributed by atoms with van der Waals surface area (Å²) in [5, 5.41) is 4.23. The highest BCUT2D eigenvalue weighted by molar-refractivity contribution is 7.12. The summed E-state index contributed by atoms with van der Waals surface area (Å²) >= 11 is 1.85. The molecule has 2 N–H and O–H groups in total. The highest BCUT2D eigenvalue weighted by atomic mass is 32.1. The topological polar surface area (TPSA) is 72.9 Å². The number of nitrogens with two attached hydrogens (primary N) is 1. The molecule has 1 fully saturated rings. The van der Waals surface area contributed by atoms with Gasteiger partial charge >= 0.3 is 0 Å². The molecule has 4 rings (SSSR count). The fraction of sp³-hybridized carbons (Fsp3) is 0.312. The van der Waals surface area contributed by atoms with Gasteiger partial charge in [-0.15, -0.1) is 11.3 Å². The van der Waals surface area contributed by atoms with Crippen LogP contribution in [0.2, 0.25) is 0 Å². The van der Waals surface area contributed by atoms with Gasteiger partial charge in [0.25, 0.3) is 0 Å². The summed E-state index contributed by atoms with van der Waals surface area (Å²) in [6.45, 7) is 3.10. The summed E-state index contributed by atoms with van der Waals surface area (Å²) in [7, 11) is 0. The number of thiophene rings is 1. The van der Waals surface area contributed by atoms with Crippen LogP contribution in [0.15, 0.2) is 36.9 Å². The van der Waals surface area contributed by atoms with Gasteiger partial charge in [0.05, 0.1) is 6.04 Å². The lowest BCUT2D eigenvalue weighted by atomic mass is 10.2. The molecule has 3 aromatic heterocycles. The number of hydrogen-bond acceptors (Lipinski definition) is 6. The van der Waals surface area contributed by atoms with Crippen LogP contribution >= 0.6 is 11.3 Å². The monoisotopic (exact) mass is 326 g/mol. The maximum Gasteiger partial charge on any atom is 0.181 e. The predicted octanol–water partition coefficient (Wildman–Crippen LogP) is 2.96. The second-order valence-electron chi connectivity index (χ2n) is 5.69. The van der Waals surface area contributed by atoms with E-state index in [4.69, 9.17) is 5.73 Å². The molecular formula is C16H18N6S. The third kappa shape index (κ3) is 2.46. The lowest BCUT2D eigenvalue weighted by molar-refractivity contribution is 0.723. The zero-order chi connectivity index (χ0) is 15.8. The molecule has 0 aromatic carbocycles. The van der Waals surface area contributed by atoms with Gasteiger partial charge in [0, 0.05) is 28.7 Å². The van der Waals surface area contributed by atoms with Crippen molar-refractivity contribution in [3.05, 3.63) is 46.7 Å². The summed E-state index contributed by atoms with van der Waals surface area (Å²) in [5.41, 5.74) is 6.96. The van der Waals surface area contributed by atoms with Crippen molar-refractivity contribution in [2.45, 2.75) is 25.8 Å². The fourth-order valence-corrected chi connectivity index (χ4v) is 4.16. The summed E-state index contributed by atoms with van der Waals surface area (Å²) in [6.07, 6.45) is 7.39. The molecule has 7 heteroatoms. The molecule has 0 spiro atoms. The molecular weight excluding hydrogens is 308 g/mol. The number of aryl methyl sites for hydroxylation is 1. The molecule has 6 nitrogen and oxygen atoms in total. The molecule has 0 saturated carbocycles. The Morgan fingerprint density at radius 1 is 1.26 bits per heavy atom.